The molecule has 0 saturated carbocycles. The molecule has 0 aliphatic heterocycles. The fraction of sp³-hybridized carbons (Fsp3) is 0.882. The summed E-state index contributed by atoms with van der Waals surface area (Å²) in [6, 6.07) is 0. The van der Waals surface area contributed by atoms with Gasteiger partial charge >= 0.3 is 17.9 Å². The van der Waals surface area contributed by atoms with Crippen molar-refractivity contribution in [3.63, 3.8) is 0 Å². The topological polar surface area (TPSA) is 78.9 Å². The van der Waals surface area contributed by atoms with Crippen molar-refractivity contribution in [1.29, 1.82) is 0 Å². The van der Waals surface area contributed by atoms with Crippen LogP contribution >= 0.6 is 0 Å². The van der Waals surface area contributed by atoms with Crippen LogP contribution in [0.15, 0.2) is 36.5 Å². The summed E-state index contributed by atoms with van der Waals surface area (Å²) in [5.74, 6) is -0.840. The average molecular weight is 1150 g/mol. The summed E-state index contributed by atoms with van der Waals surface area (Å²) in [5.41, 5.74) is 0. The van der Waals surface area contributed by atoms with E-state index in [-0.39, 0.29) is 31.1 Å². The number of rotatable bonds is 69. The smallest absolute Gasteiger partial charge is 0.306 e. The lowest BCUT2D eigenvalue weighted by Gasteiger charge is -2.18. The summed E-state index contributed by atoms with van der Waals surface area (Å²) in [7, 11) is 0. The van der Waals surface area contributed by atoms with Crippen molar-refractivity contribution in [2.75, 3.05) is 13.2 Å². The van der Waals surface area contributed by atoms with E-state index in [1.54, 1.807) is 0 Å². The van der Waals surface area contributed by atoms with E-state index in [2.05, 4.69) is 57.2 Å². The van der Waals surface area contributed by atoms with Crippen molar-refractivity contribution in [3.05, 3.63) is 36.5 Å². The molecule has 1 atom stereocenters. The SMILES string of the molecule is CCCCCCC/C=C\C/C=C\CCCCCCCCCCCCCCCC(=O)OCC(COC(=O)CCCCCCCCC/C=C\CCCCCCCCC)OC(=O)CCCCCCCCCCCCCCCCCCCCCCC. The van der Waals surface area contributed by atoms with Gasteiger partial charge in [-0.1, -0.05) is 353 Å². The molecule has 0 rings (SSSR count). The number of hydrogen-bond donors (Lipinski definition) is 0. The molecule has 0 fully saturated rings. The second-order valence-electron chi connectivity index (χ2n) is 25.2. The summed E-state index contributed by atoms with van der Waals surface area (Å²) in [4.78, 5) is 38.5. The molecular weight excluding hydrogens is 1010 g/mol. The predicted molar refractivity (Wildman–Crippen MR) is 358 cm³/mol. The lowest BCUT2D eigenvalue weighted by Crippen LogP contribution is -2.30. The summed E-state index contributed by atoms with van der Waals surface area (Å²) < 4.78 is 17.0. The lowest BCUT2D eigenvalue weighted by atomic mass is 10.0. The molecule has 0 bridgehead atoms. The maximum atomic E-state index is 13.0. The Morgan fingerprint density at radius 3 is 0.683 bits per heavy atom. The summed E-state index contributed by atoms with van der Waals surface area (Å²) >= 11 is 0. The van der Waals surface area contributed by atoms with Gasteiger partial charge in [-0.2, -0.15) is 0 Å². The first-order valence-electron chi connectivity index (χ1n) is 37.0. The normalized spacial score (nSPS) is 12.2. The van der Waals surface area contributed by atoms with E-state index < -0.39 is 6.10 Å². The van der Waals surface area contributed by atoms with Gasteiger partial charge in [0.15, 0.2) is 6.10 Å². The highest BCUT2D eigenvalue weighted by atomic mass is 16.6. The predicted octanol–water partition coefficient (Wildman–Crippen LogP) is 25.5. The number of unbranched alkanes of at least 4 members (excludes halogenated alkanes) is 52. The molecule has 0 radical (unpaired) electrons. The number of ether oxygens (including phenoxy) is 3. The van der Waals surface area contributed by atoms with E-state index >= 15 is 0 Å². The first kappa shape index (κ1) is 79.6. The van der Waals surface area contributed by atoms with Crippen LogP contribution in [-0.2, 0) is 28.6 Å². The van der Waals surface area contributed by atoms with E-state index in [9.17, 15) is 14.4 Å². The zero-order valence-corrected chi connectivity index (χ0v) is 55.5. The molecule has 0 aromatic rings. The van der Waals surface area contributed by atoms with Crippen molar-refractivity contribution in [3.8, 4) is 0 Å². The van der Waals surface area contributed by atoms with E-state index in [1.165, 1.54) is 308 Å². The van der Waals surface area contributed by atoms with Crippen molar-refractivity contribution >= 4 is 17.9 Å². The molecule has 0 heterocycles. The van der Waals surface area contributed by atoms with E-state index in [0.29, 0.717) is 19.3 Å². The Kier molecular flexibility index (Phi) is 69.1. The fourth-order valence-electron chi connectivity index (χ4n) is 11.3. The van der Waals surface area contributed by atoms with Crippen molar-refractivity contribution in [2.24, 2.45) is 0 Å². The Balaban J connectivity index is 4.29. The second-order valence-corrected chi connectivity index (χ2v) is 25.2. The van der Waals surface area contributed by atoms with Crippen LogP contribution < -0.4 is 0 Å². The van der Waals surface area contributed by atoms with Gasteiger partial charge in [0.2, 0.25) is 0 Å². The van der Waals surface area contributed by atoms with Crippen LogP contribution in [0.25, 0.3) is 0 Å². The lowest BCUT2D eigenvalue weighted by molar-refractivity contribution is -0.167. The Morgan fingerprint density at radius 2 is 0.439 bits per heavy atom. The fourth-order valence-corrected chi connectivity index (χ4v) is 11.3. The number of allylic oxidation sites excluding steroid dienone is 6. The minimum atomic E-state index is -0.773. The van der Waals surface area contributed by atoms with E-state index in [1.807, 2.05) is 0 Å². The molecule has 0 saturated heterocycles. The number of hydrogen-bond acceptors (Lipinski definition) is 6. The molecule has 0 spiro atoms. The molecule has 0 aliphatic rings. The van der Waals surface area contributed by atoms with Crippen LogP contribution in [0.1, 0.15) is 412 Å². The summed E-state index contributed by atoms with van der Waals surface area (Å²) in [5, 5.41) is 0. The van der Waals surface area contributed by atoms with Gasteiger partial charge in [-0.15, -0.1) is 0 Å². The van der Waals surface area contributed by atoms with Gasteiger partial charge in [-0.05, 0) is 77.0 Å². The number of carbonyl (C=O) groups is 3. The molecule has 6 nitrogen and oxygen atoms in total. The number of carbonyl (C=O) groups excluding carboxylic acids is 3. The molecule has 0 aromatic heterocycles. The van der Waals surface area contributed by atoms with Crippen LogP contribution in [0.4, 0.5) is 0 Å². The molecule has 482 valence electrons. The largest absolute Gasteiger partial charge is 0.462 e. The van der Waals surface area contributed by atoms with Crippen molar-refractivity contribution < 1.29 is 28.6 Å². The van der Waals surface area contributed by atoms with Gasteiger partial charge in [0, 0.05) is 19.3 Å². The summed E-state index contributed by atoms with van der Waals surface area (Å²) in [6.07, 6.45) is 88.9. The zero-order chi connectivity index (χ0) is 59.2. The van der Waals surface area contributed by atoms with E-state index in [4.69, 9.17) is 14.2 Å². The average Bonchev–Trinajstić information content (AvgIpc) is 3.47. The van der Waals surface area contributed by atoms with Crippen molar-refractivity contribution in [1.82, 2.24) is 0 Å². The Hall–Kier alpha value is -2.37. The Labute approximate surface area is 512 Å². The second kappa shape index (κ2) is 71.1. The minimum Gasteiger partial charge on any atom is -0.462 e. The van der Waals surface area contributed by atoms with Crippen LogP contribution in [-0.4, -0.2) is 37.2 Å². The minimum absolute atomic E-state index is 0.0685. The van der Waals surface area contributed by atoms with E-state index in [0.717, 1.165) is 64.2 Å². The first-order valence-corrected chi connectivity index (χ1v) is 37.0. The highest BCUT2D eigenvalue weighted by Gasteiger charge is 2.19. The van der Waals surface area contributed by atoms with Crippen LogP contribution in [0.5, 0.6) is 0 Å². The molecule has 0 aromatic carbocycles. The number of esters is 3. The third-order valence-corrected chi connectivity index (χ3v) is 16.9. The van der Waals surface area contributed by atoms with Gasteiger partial charge in [-0.25, -0.2) is 0 Å². The monoisotopic (exact) mass is 1150 g/mol. The molecule has 82 heavy (non-hydrogen) atoms. The Bertz CT molecular complexity index is 1370. The highest BCUT2D eigenvalue weighted by Crippen LogP contribution is 2.19. The maximum absolute atomic E-state index is 13.0. The first-order chi connectivity index (χ1) is 40.5. The molecule has 6 heteroatoms. The molecule has 1 unspecified atom stereocenters. The van der Waals surface area contributed by atoms with Crippen molar-refractivity contribution in [2.45, 2.75) is 419 Å². The van der Waals surface area contributed by atoms with Crippen LogP contribution in [0.2, 0.25) is 0 Å². The van der Waals surface area contributed by atoms with Gasteiger partial charge in [0.25, 0.3) is 0 Å². The molecule has 0 N–H and O–H groups in total. The quantitative estimate of drug-likeness (QED) is 0.0261. The van der Waals surface area contributed by atoms with Crippen LogP contribution in [0.3, 0.4) is 0 Å². The summed E-state index contributed by atoms with van der Waals surface area (Å²) in [6.45, 7) is 6.71. The molecular formula is C76H142O6. The molecule has 0 aliphatic carbocycles. The highest BCUT2D eigenvalue weighted by molar-refractivity contribution is 5.71. The van der Waals surface area contributed by atoms with Gasteiger partial charge in [-0.3, -0.25) is 14.4 Å². The third-order valence-electron chi connectivity index (χ3n) is 16.9. The maximum Gasteiger partial charge on any atom is 0.306 e. The van der Waals surface area contributed by atoms with Gasteiger partial charge in [0.1, 0.15) is 13.2 Å². The third kappa shape index (κ3) is 68.4. The standard InChI is InChI=1S/C76H142O6/c1-4-7-10-13-16-19-22-25-28-31-34-36-37-38-39-41-42-45-48-51-54-57-60-63-66-69-75(78)81-72-73(71-80-74(77)68-65-62-59-56-53-50-47-44-33-30-27-24-21-18-15-12-9-6-3)82-76(79)70-67-64-61-58-55-52-49-46-43-40-35-32-29-26-23-20-17-14-11-8-5-2/h22,25,30-31,33-34,73H,4-21,23-24,26-29,32,35-72H2,1-3H3/b25-22-,33-30-,34-31-. The Morgan fingerprint density at radius 1 is 0.244 bits per heavy atom. The van der Waals surface area contributed by atoms with Gasteiger partial charge in [0.05, 0.1) is 0 Å². The zero-order valence-electron chi connectivity index (χ0n) is 55.5. The van der Waals surface area contributed by atoms with Gasteiger partial charge < -0.3 is 14.2 Å². The molecule has 0 amide bonds. The van der Waals surface area contributed by atoms with Crippen LogP contribution in [0, 0.1) is 0 Å².